The van der Waals surface area contributed by atoms with Gasteiger partial charge in [0, 0.05) is 24.7 Å². The number of fused-ring (bicyclic) bond motifs is 1. The van der Waals surface area contributed by atoms with Crippen LogP contribution in [0.5, 0.6) is 0 Å². The maximum atomic E-state index is 13.2. The van der Waals surface area contributed by atoms with Crippen molar-refractivity contribution in [3.05, 3.63) is 59.2 Å². The number of anilines is 1. The van der Waals surface area contributed by atoms with Crippen LogP contribution in [0.3, 0.4) is 0 Å². The third-order valence-corrected chi connectivity index (χ3v) is 8.77. The molecule has 182 valence electrons. The van der Waals surface area contributed by atoms with Crippen molar-refractivity contribution in [2.45, 2.75) is 56.8 Å². The van der Waals surface area contributed by atoms with E-state index in [2.05, 4.69) is 10.6 Å². The fraction of sp³-hybridized carbons (Fsp3) is 0.462. The fourth-order valence-electron chi connectivity index (χ4n) is 4.83. The summed E-state index contributed by atoms with van der Waals surface area (Å²) in [5, 5.41) is 5.56. The molecule has 0 bridgehead atoms. The van der Waals surface area contributed by atoms with Gasteiger partial charge in [0.25, 0.3) is 0 Å². The molecule has 2 aromatic carbocycles. The van der Waals surface area contributed by atoms with Crippen LogP contribution in [0, 0.1) is 5.92 Å². The van der Waals surface area contributed by atoms with E-state index in [4.69, 9.17) is 0 Å². The van der Waals surface area contributed by atoms with E-state index in [1.807, 2.05) is 43.3 Å². The van der Waals surface area contributed by atoms with E-state index in [9.17, 15) is 18.0 Å². The standard InChI is InChI=1S/C26H33N3O4S/c1-2-19-7-5-6-10-24(19)28-25(30)18-27-26(31)21-13-15-29(16-14-21)34(32,33)23-12-11-20-8-3-4-9-22(20)17-23/h5-7,10-12,17,21H,2-4,8-9,13-16,18H2,1H3,(H,27,31)(H,28,30). The van der Waals surface area contributed by atoms with Gasteiger partial charge in [-0.2, -0.15) is 4.31 Å². The van der Waals surface area contributed by atoms with Crippen molar-refractivity contribution in [2.24, 2.45) is 5.92 Å². The summed E-state index contributed by atoms with van der Waals surface area (Å²) in [5.74, 6) is -0.780. The number of piperidine rings is 1. The van der Waals surface area contributed by atoms with Crippen LogP contribution in [0.15, 0.2) is 47.4 Å². The number of carbonyl (C=O) groups is 2. The summed E-state index contributed by atoms with van der Waals surface area (Å²) in [6, 6.07) is 13.1. The molecule has 0 radical (unpaired) electrons. The van der Waals surface area contributed by atoms with Gasteiger partial charge in [0.15, 0.2) is 0 Å². The lowest BCUT2D eigenvalue weighted by atomic mass is 9.92. The van der Waals surface area contributed by atoms with Gasteiger partial charge in [0.05, 0.1) is 11.4 Å². The number of benzene rings is 2. The maximum absolute atomic E-state index is 13.2. The van der Waals surface area contributed by atoms with E-state index >= 15 is 0 Å². The summed E-state index contributed by atoms with van der Waals surface area (Å²) in [6.07, 6.45) is 5.88. The number of aryl methyl sites for hydroxylation is 3. The van der Waals surface area contributed by atoms with Gasteiger partial charge in [-0.25, -0.2) is 8.42 Å². The topological polar surface area (TPSA) is 95.6 Å². The Labute approximate surface area is 202 Å². The van der Waals surface area contributed by atoms with E-state index in [1.165, 1.54) is 9.87 Å². The van der Waals surface area contributed by atoms with Gasteiger partial charge >= 0.3 is 0 Å². The second kappa shape index (κ2) is 10.7. The van der Waals surface area contributed by atoms with Gasteiger partial charge < -0.3 is 10.6 Å². The molecule has 1 heterocycles. The lowest BCUT2D eigenvalue weighted by molar-refractivity contribution is -0.128. The molecule has 2 aliphatic rings. The van der Waals surface area contributed by atoms with Crippen LogP contribution < -0.4 is 10.6 Å². The molecule has 1 fully saturated rings. The van der Waals surface area contributed by atoms with Crippen molar-refractivity contribution in [3.63, 3.8) is 0 Å². The number of hydrogen-bond donors (Lipinski definition) is 2. The van der Waals surface area contributed by atoms with Gasteiger partial charge in [-0.1, -0.05) is 31.2 Å². The van der Waals surface area contributed by atoms with Crippen molar-refractivity contribution in [1.82, 2.24) is 9.62 Å². The van der Waals surface area contributed by atoms with Gasteiger partial charge in [-0.05, 0) is 79.8 Å². The molecule has 2 aromatic rings. The van der Waals surface area contributed by atoms with Crippen LogP contribution in [0.4, 0.5) is 5.69 Å². The Hall–Kier alpha value is -2.71. The number of sulfonamides is 1. The molecule has 1 aliphatic heterocycles. The molecule has 7 nitrogen and oxygen atoms in total. The van der Waals surface area contributed by atoms with Crippen LogP contribution in [0.2, 0.25) is 0 Å². The van der Waals surface area contributed by atoms with Crippen LogP contribution >= 0.6 is 0 Å². The number of nitrogens with zero attached hydrogens (tertiary/aromatic N) is 1. The average Bonchev–Trinajstić information content (AvgIpc) is 2.87. The zero-order valence-corrected chi connectivity index (χ0v) is 20.5. The molecule has 1 aliphatic carbocycles. The van der Waals surface area contributed by atoms with Crippen LogP contribution in [0.25, 0.3) is 0 Å². The van der Waals surface area contributed by atoms with Crippen molar-refractivity contribution < 1.29 is 18.0 Å². The largest absolute Gasteiger partial charge is 0.347 e. The first-order valence-corrected chi connectivity index (χ1v) is 13.6. The Bertz CT molecular complexity index is 1150. The third-order valence-electron chi connectivity index (χ3n) is 6.88. The third kappa shape index (κ3) is 5.50. The Balaban J connectivity index is 1.28. The first-order chi connectivity index (χ1) is 16.4. The summed E-state index contributed by atoms with van der Waals surface area (Å²) in [7, 11) is -3.57. The monoisotopic (exact) mass is 483 g/mol. The molecule has 2 N–H and O–H groups in total. The Morgan fingerprint density at radius 1 is 1.00 bits per heavy atom. The summed E-state index contributed by atoms with van der Waals surface area (Å²) in [6.45, 7) is 2.51. The van der Waals surface area contributed by atoms with E-state index in [-0.39, 0.29) is 24.3 Å². The molecule has 4 rings (SSSR count). The number of nitrogens with one attached hydrogen (secondary N) is 2. The smallest absolute Gasteiger partial charge is 0.243 e. The van der Waals surface area contributed by atoms with E-state index in [1.54, 1.807) is 6.07 Å². The van der Waals surface area contributed by atoms with Gasteiger partial charge in [-0.3, -0.25) is 9.59 Å². The average molecular weight is 484 g/mol. The highest BCUT2D eigenvalue weighted by Crippen LogP contribution is 2.28. The lowest BCUT2D eigenvalue weighted by Gasteiger charge is -2.31. The van der Waals surface area contributed by atoms with Gasteiger partial charge in [-0.15, -0.1) is 0 Å². The van der Waals surface area contributed by atoms with Crippen molar-refractivity contribution >= 4 is 27.5 Å². The quantitative estimate of drug-likeness (QED) is 0.632. The predicted octanol–water partition coefficient (Wildman–Crippen LogP) is 3.28. The zero-order chi connectivity index (χ0) is 24.1. The van der Waals surface area contributed by atoms with Crippen LogP contribution in [0.1, 0.15) is 49.3 Å². The van der Waals surface area contributed by atoms with E-state index in [0.29, 0.717) is 30.8 Å². The first-order valence-electron chi connectivity index (χ1n) is 12.2. The van der Waals surface area contributed by atoms with Crippen LogP contribution in [-0.4, -0.2) is 44.2 Å². The molecular formula is C26H33N3O4S. The summed E-state index contributed by atoms with van der Waals surface area (Å²) in [5.41, 5.74) is 4.18. The number of carbonyl (C=O) groups excluding carboxylic acids is 2. The fourth-order valence-corrected chi connectivity index (χ4v) is 6.36. The molecule has 0 unspecified atom stereocenters. The van der Waals surface area contributed by atoms with Gasteiger partial charge in [0.1, 0.15) is 0 Å². The van der Waals surface area contributed by atoms with Crippen molar-refractivity contribution in [3.8, 4) is 0 Å². The lowest BCUT2D eigenvalue weighted by Crippen LogP contribution is -2.44. The molecule has 34 heavy (non-hydrogen) atoms. The number of rotatable bonds is 7. The Morgan fingerprint density at radius 2 is 1.71 bits per heavy atom. The number of para-hydroxylation sites is 1. The summed E-state index contributed by atoms with van der Waals surface area (Å²) < 4.78 is 27.8. The zero-order valence-electron chi connectivity index (χ0n) is 19.7. The first kappa shape index (κ1) is 24.4. The Morgan fingerprint density at radius 3 is 2.44 bits per heavy atom. The number of hydrogen-bond acceptors (Lipinski definition) is 4. The van der Waals surface area contributed by atoms with E-state index < -0.39 is 10.0 Å². The highest BCUT2D eigenvalue weighted by molar-refractivity contribution is 7.89. The minimum Gasteiger partial charge on any atom is -0.347 e. The van der Waals surface area contributed by atoms with Crippen molar-refractivity contribution in [1.29, 1.82) is 0 Å². The SMILES string of the molecule is CCc1ccccc1NC(=O)CNC(=O)C1CCN(S(=O)(=O)c2ccc3c(c2)CCCC3)CC1. The Kier molecular flexibility index (Phi) is 7.68. The molecule has 0 spiro atoms. The maximum Gasteiger partial charge on any atom is 0.243 e. The summed E-state index contributed by atoms with van der Waals surface area (Å²) in [4.78, 5) is 25.3. The molecule has 0 atom stereocenters. The molecule has 0 aromatic heterocycles. The summed E-state index contributed by atoms with van der Waals surface area (Å²) >= 11 is 0. The highest BCUT2D eigenvalue weighted by Gasteiger charge is 2.32. The molecule has 8 heteroatoms. The van der Waals surface area contributed by atoms with Gasteiger partial charge in [0.2, 0.25) is 21.8 Å². The minimum absolute atomic E-state index is 0.107. The highest BCUT2D eigenvalue weighted by atomic mass is 32.2. The molecule has 1 saturated heterocycles. The van der Waals surface area contributed by atoms with Crippen molar-refractivity contribution in [2.75, 3.05) is 25.0 Å². The van der Waals surface area contributed by atoms with Crippen LogP contribution in [-0.2, 0) is 38.9 Å². The predicted molar refractivity (Wildman–Crippen MR) is 132 cm³/mol. The van der Waals surface area contributed by atoms with E-state index in [0.717, 1.165) is 48.9 Å². The molecular weight excluding hydrogens is 450 g/mol. The number of amides is 2. The second-order valence-corrected chi connectivity index (χ2v) is 11.0. The molecule has 0 saturated carbocycles. The second-order valence-electron chi connectivity index (χ2n) is 9.09. The molecule has 2 amide bonds. The minimum atomic E-state index is -3.57. The normalized spacial score (nSPS) is 17.1.